The Morgan fingerprint density at radius 3 is 2.62 bits per heavy atom. The van der Waals surface area contributed by atoms with Crippen molar-refractivity contribution >= 4 is 23.8 Å². The van der Waals surface area contributed by atoms with E-state index >= 15 is 0 Å². The number of amides is 2. The lowest BCUT2D eigenvalue weighted by molar-refractivity contribution is -0.141. The second-order valence-corrected chi connectivity index (χ2v) is 7.48. The number of nitrogens with zero attached hydrogens (tertiary/aromatic N) is 2. The van der Waals surface area contributed by atoms with Crippen molar-refractivity contribution in [1.29, 1.82) is 0 Å². The van der Waals surface area contributed by atoms with Crippen LogP contribution in [0.15, 0.2) is 0 Å². The van der Waals surface area contributed by atoms with E-state index in [1.807, 2.05) is 4.90 Å². The molecule has 21 heavy (non-hydrogen) atoms. The van der Waals surface area contributed by atoms with Crippen LogP contribution in [-0.2, 0) is 4.79 Å². The smallest absolute Gasteiger partial charge is 0.327 e. The molecule has 1 N–H and O–H groups in total. The minimum absolute atomic E-state index is 0.0768. The van der Waals surface area contributed by atoms with Crippen LogP contribution in [0.4, 0.5) is 4.79 Å². The van der Waals surface area contributed by atoms with Crippen molar-refractivity contribution in [3.63, 3.8) is 0 Å². The molecule has 2 saturated heterocycles. The van der Waals surface area contributed by atoms with E-state index in [0.717, 1.165) is 31.7 Å². The van der Waals surface area contributed by atoms with Crippen molar-refractivity contribution in [2.24, 2.45) is 11.8 Å². The second kappa shape index (κ2) is 7.38. The lowest BCUT2D eigenvalue weighted by atomic mass is 9.89. The first kappa shape index (κ1) is 16.5. The summed E-state index contributed by atoms with van der Waals surface area (Å²) in [5.74, 6) is 1.78. The van der Waals surface area contributed by atoms with Gasteiger partial charge in [-0.3, -0.25) is 0 Å². The van der Waals surface area contributed by atoms with E-state index in [0.29, 0.717) is 24.1 Å². The van der Waals surface area contributed by atoms with Gasteiger partial charge in [0.15, 0.2) is 0 Å². The number of carboxylic acid groups (broad SMARTS) is 1. The van der Waals surface area contributed by atoms with Crippen LogP contribution in [0.5, 0.6) is 0 Å². The quantitative estimate of drug-likeness (QED) is 0.850. The van der Waals surface area contributed by atoms with E-state index in [1.54, 1.807) is 16.7 Å². The van der Waals surface area contributed by atoms with Gasteiger partial charge in [0.2, 0.25) is 0 Å². The first-order chi connectivity index (χ1) is 10.0. The Bertz CT molecular complexity index is 389. The maximum absolute atomic E-state index is 12.7. The molecule has 5 nitrogen and oxygen atoms in total. The lowest BCUT2D eigenvalue weighted by Crippen LogP contribution is -2.55. The molecule has 2 unspecified atom stereocenters. The molecular weight excluding hydrogens is 288 g/mol. The standard InChI is InChI=1S/C15H26N2O3S/c1-11(2)12-4-3-6-16(7-5-12)15(20)17-8-9-21-10-13(17)14(18)19/h11-13H,3-10H2,1-2H3,(H,18,19). The number of hydrogen-bond donors (Lipinski definition) is 1. The number of carbonyl (C=O) groups excluding carboxylic acids is 1. The Morgan fingerprint density at radius 1 is 1.19 bits per heavy atom. The zero-order chi connectivity index (χ0) is 15.4. The molecule has 2 amide bonds. The number of rotatable bonds is 2. The summed E-state index contributed by atoms with van der Waals surface area (Å²) < 4.78 is 0. The van der Waals surface area contributed by atoms with Gasteiger partial charge >= 0.3 is 12.0 Å². The largest absolute Gasteiger partial charge is 0.480 e. The molecular formula is C15H26N2O3S. The van der Waals surface area contributed by atoms with Gasteiger partial charge in [-0.2, -0.15) is 11.8 Å². The maximum atomic E-state index is 12.7. The van der Waals surface area contributed by atoms with E-state index in [2.05, 4.69) is 13.8 Å². The van der Waals surface area contributed by atoms with Crippen molar-refractivity contribution in [3.8, 4) is 0 Å². The average molecular weight is 314 g/mol. The normalized spacial score (nSPS) is 27.6. The summed E-state index contributed by atoms with van der Waals surface area (Å²) in [6.07, 6.45) is 3.22. The Kier molecular flexibility index (Phi) is 5.79. The minimum Gasteiger partial charge on any atom is -0.480 e. The van der Waals surface area contributed by atoms with Gasteiger partial charge in [-0.25, -0.2) is 9.59 Å². The highest BCUT2D eigenvalue weighted by Crippen LogP contribution is 2.26. The molecule has 2 aliphatic rings. The molecule has 0 radical (unpaired) electrons. The molecule has 0 aromatic rings. The third kappa shape index (κ3) is 4.05. The molecule has 2 fully saturated rings. The average Bonchev–Trinajstić information content (AvgIpc) is 2.72. The first-order valence-electron chi connectivity index (χ1n) is 7.86. The Morgan fingerprint density at radius 2 is 1.95 bits per heavy atom. The van der Waals surface area contributed by atoms with Crippen LogP contribution in [-0.4, -0.2) is 64.1 Å². The summed E-state index contributed by atoms with van der Waals surface area (Å²) in [4.78, 5) is 27.4. The van der Waals surface area contributed by atoms with Crippen LogP contribution in [0.1, 0.15) is 33.1 Å². The Labute approximate surface area is 131 Å². The van der Waals surface area contributed by atoms with Crippen molar-refractivity contribution in [2.75, 3.05) is 31.1 Å². The van der Waals surface area contributed by atoms with Crippen LogP contribution in [0.25, 0.3) is 0 Å². The molecule has 6 heteroatoms. The summed E-state index contributed by atoms with van der Waals surface area (Å²) in [6, 6.07) is -0.743. The number of carbonyl (C=O) groups is 2. The molecule has 0 aliphatic carbocycles. The molecule has 0 aromatic carbocycles. The molecule has 0 spiro atoms. The lowest BCUT2D eigenvalue weighted by Gasteiger charge is -2.36. The van der Waals surface area contributed by atoms with Gasteiger partial charge in [0.1, 0.15) is 6.04 Å². The zero-order valence-electron chi connectivity index (χ0n) is 13.0. The third-order valence-electron chi connectivity index (χ3n) is 4.65. The highest BCUT2D eigenvalue weighted by atomic mass is 32.2. The van der Waals surface area contributed by atoms with E-state index in [9.17, 15) is 14.7 Å². The van der Waals surface area contributed by atoms with Gasteiger partial charge in [-0.1, -0.05) is 13.8 Å². The van der Waals surface area contributed by atoms with Crippen LogP contribution in [0, 0.1) is 11.8 Å². The monoisotopic (exact) mass is 314 g/mol. The Hall–Kier alpha value is -0.910. The van der Waals surface area contributed by atoms with Gasteiger partial charge in [0.05, 0.1) is 0 Å². The van der Waals surface area contributed by atoms with Crippen LogP contribution < -0.4 is 0 Å². The molecule has 0 saturated carbocycles. The van der Waals surface area contributed by atoms with E-state index < -0.39 is 12.0 Å². The van der Waals surface area contributed by atoms with Gasteiger partial charge in [-0.15, -0.1) is 0 Å². The number of hydrogen-bond acceptors (Lipinski definition) is 3. The molecule has 0 bridgehead atoms. The highest BCUT2D eigenvalue weighted by molar-refractivity contribution is 7.99. The molecule has 2 rings (SSSR count). The summed E-state index contributed by atoms with van der Waals surface area (Å²) >= 11 is 1.61. The fourth-order valence-corrected chi connectivity index (χ4v) is 4.24. The molecule has 120 valence electrons. The predicted molar refractivity (Wildman–Crippen MR) is 84.6 cm³/mol. The summed E-state index contributed by atoms with van der Waals surface area (Å²) in [7, 11) is 0. The highest BCUT2D eigenvalue weighted by Gasteiger charge is 2.35. The SMILES string of the molecule is CC(C)C1CCCN(C(=O)N2CCSCC2C(=O)O)CC1. The van der Waals surface area contributed by atoms with Gasteiger partial charge in [0, 0.05) is 31.1 Å². The van der Waals surface area contributed by atoms with Gasteiger partial charge < -0.3 is 14.9 Å². The topological polar surface area (TPSA) is 60.9 Å². The number of likely N-dealkylation sites (tertiary alicyclic amines) is 1. The molecule has 2 aliphatic heterocycles. The van der Waals surface area contributed by atoms with Crippen molar-refractivity contribution < 1.29 is 14.7 Å². The zero-order valence-corrected chi connectivity index (χ0v) is 13.8. The summed E-state index contributed by atoms with van der Waals surface area (Å²) in [5.41, 5.74) is 0. The summed E-state index contributed by atoms with van der Waals surface area (Å²) in [5, 5.41) is 9.30. The number of thioether (sulfide) groups is 1. The molecule has 2 atom stereocenters. The molecule has 0 aromatic heterocycles. The minimum atomic E-state index is -0.884. The van der Waals surface area contributed by atoms with Gasteiger partial charge in [-0.05, 0) is 31.1 Å². The van der Waals surface area contributed by atoms with Crippen LogP contribution in [0.2, 0.25) is 0 Å². The second-order valence-electron chi connectivity index (χ2n) is 6.33. The van der Waals surface area contributed by atoms with Crippen molar-refractivity contribution in [2.45, 2.75) is 39.2 Å². The van der Waals surface area contributed by atoms with Crippen LogP contribution in [0.3, 0.4) is 0 Å². The number of carboxylic acids is 1. The molecule has 2 heterocycles. The first-order valence-corrected chi connectivity index (χ1v) is 9.02. The number of urea groups is 1. The van der Waals surface area contributed by atoms with E-state index in [1.165, 1.54) is 6.42 Å². The van der Waals surface area contributed by atoms with Crippen molar-refractivity contribution in [1.82, 2.24) is 9.80 Å². The Balaban J connectivity index is 1.99. The maximum Gasteiger partial charge on any atom is 0.327 e. The summed E-state index contributed by atoms with van der Waals surface area (Å²) in [6.45, 7) is 6.55. The van der Waals surface area contributed by atoms with Crippen molar-refractivity contribution in [3.05, 3.63) is 0 Å². The van der Waals surface area contributed by atoms with E-state index in [4.69, 9.17) is 0 Å². The van der Waals surface area contributed by atoms with Gasteiger partial charge in [0.25, 0.3) is 0 Å². The third-order valence-corrected chi connectivity index (χ3v) is 5.67. The fourth-order valence-electron chi connectivity index (χ4n) is 3.20. The fraction of sp³-hybridized carbons (Fsp3) is 0.867. The van der Waals surface area contributed by atoms with E-state index in [-0.39, 0.29) is 6.03 Å². The number of aliphatic carboxylic acids is 1. The predicted octanol–water partition coefficient (Wildman–Crippen LogP) is 2.37. The van der Waals surface area contributed by atoms with Crippen LogP contribution >= 0.6 is 11.8 Å².